The van der Waals surface area contributed by atoms with Gasteiger partial charge in [-0.2, -0.15) is 0 Å². The number of urea groups is 1. The van der Waals surface area contributed by atoms with Gasteiger partial charge in [-0.25, -0.2) is 4.79 Å². The van der Waals surface area contributed by atoms with Crippen LogP contribution in [0.2, 0.25) is 0 Å². The van der Waals surface area contributed by atoms with Gasteiger partial charge in [0.15, 0.2) is 0 Å². The summed E-state index contributed by atoms with van der Waals surface area (Å²) >= 11 is 0. The zero-order valence-corrected chi connectivity index (χ0v) is 13.4. The van der Waals surface area contributed by atoms with Crippen molar-refractivity contribution in [3.8, 4) is 0 Å². The molecule has 0 unspecified atom stereocenters. The normalized spacial score (nSPS) is 17.5. The maximum atomic E-state index is 12.2. The number of para-hydroxylation sites is 1. The first-order valence-electron chi connectivity index (χ1n) is 7.78. The molecule has 3 rings (SSSR count). The third-order valence-electron chi connectivity index (χ3n) is 4.10. The molecule has 2 heterocycles. The second-order valence-electron chi connectivity index (χ2n) is 5.77. The molecule has 122 valence electrons. The van der Waals surface area contributed by atoms with Gasteiger partial charge in [-0.05, 0) is 32.4 Å². The monoisotopic (exact) mass is 315 g/mol. The number of nitrogens with zero attached hydrogens (tertiary/aromatic N) is 2. The zero-order valence-electron chi connectivity index (χ0n) is 13.4. The maximum absolute atomic E-state index is 12.2. The Morgan fingerprint density at radius 2 is 2.17 bits per heavy atom. The van der Waals surface area contributed by atoms with E-state index in [2.05, 4.69) is 10.5 Å². The van der Waals surface area contributed by atoms with E-state index in [0.29, 0.717) is 19.7 Å². The van der Waals surface area contributed by atoms with Crippen LogP contribution < -0.4 is 5.32 Å². The largest absolute Gasteiger partial charge is 0.371 e. The number of nitrogens with one attached hydrogen (secondary N) is 1. The third-order valence-corrected chi connectivity index (χ3v) is 4.10. The van der Waals surface area contributed by atoms with Crippen LogP contribution in [0.4, 0.5) is 10.5 Å². The lowest BCUT2D eigenvalue weighted by Gasteiger charge is -2.17. The number of ether oxygens (including phenoxy) is 1. The number of aromatic nitrogens is 1. The highest BCUT2D eigenvalue weighted by Gasteiger charge is 2.27. The summed E-state index contributed by atoms with van der Waals surface area (Å²) in [6, 6.07) is 9.38. The van der Waals surface area contributed by atoms with Crippen LogP contribution in [0.15, 0.2) is 34.9 Å². The highest BCUT2D eigenvalue weighted by molar-refractivity contribution is 5.89. The molecule has 0 saturated carbocycles. The number of likely N-dealkylation sites (tertiary alicyclic amines) is 1. The van der Waals surface area contributed by atoms with Gasteiger partial charge in [0.2, 0.25) is 0 Å². The average molecular weight is 315 g/mol. The van der Waals surface area contributed by atoms with E-state index in [1.165, 1.54) is 0 Å². The molecule has 0 aliphatic carbocycles. The van der Waals surface area contributed by atoms with E-state index in [4.69, 9.17) is 9.26 Å². The highest BCUT2D eigenvalue weighted by atomic mass is 16.5. The fourth-order valence-electron chi connectivity index (χ4n) is 2.68. The number of anilines is 1. The molecule has 0 bridgehead atoms. The van der Waals surface area contributed by atoms with E-state index in [9.17, 15) is 4.79 Å². The number of aryl methyl sites for hydroxylation is 2. The molecule has 1 aromatic carbocycles. The van der Waals surface area contributed by atoms with Crippen LogP contribution in [0.25, 0.3) is 0 Å². The molecule has 23 heavy (non-hydrogen) atoms. The number of amides is 2. The molecule has 1 aliphatic rings. The van der Waals surface area contributed by atoms with Crippen molar-refractivity contribution < 1.29 is 14.1 Å². The van der Waals surface area contributed by atoms with Gasteiger partial charge >= 0.3 is 6.03 Å². The van der Waals surface area contributed by atoms with Gasteiger partial charge < -0.3 is 19.5 Å². The SMILES string of the molecule is Cc1noc(C)c1CO[C@H]1CCN(C(=O)Nc2ccccc2)C1. The second-order valence-corrected chi connectivity index (χ2v) is 5.77. The Labute approximate surface area is 135 Å². The summed E-state index contributed by atoms with van der Waals surface area (Å²) in [5, 5.41) is 6.82. The predicted molar refractivity (Wildman–Crippen MR) is 86.2 cm³/mol. The smallest absolute Gasteiger partial charge is 0.321 e. The number of rotatable bonds is 4. The Hall–Kier alpha value is -2.34. The molecule has 2 aromatic rings. The molecule has 6 nitrogen and oxygen atoms in total. The number of benzene rings is 1. The number of hydrogen-bond acceptors (Lipinski definition) is 4. The van der Waals surface area contributed by atoms with Crippen LogP contribution in [-0.2, 0) is 11.3 Å². The van der Waals surface area contributed by atoms with Crippen molar-refractivity contribution in [3.05, 3.63) is 47.3 Å². The Bertz CT molecular complexity index is 649. The van der Waals surface area contributed by atoms with Gasteiger partial charge in [-0.15, -0.1) is 0 Å². The molecule has 2 amide bonds. The van der Waals surface area contributed by atoms with Crippen LogP contribution in [0.3, 0.4) is 0 Å². The van der Waals surface area contributed by atoms with Gasteiger partial charge in [-0.1, -0.05) is 23.4 Å². The molecule has 6 heteroatoms. The van der Waals surface area contributed by atoms with E-state index in [-0.39, 0.29) is 12.1 Å². The van der Waals surface area contributed by atoms with Crippen LogP contribution in [0.5, 0.6) is 0 Å². The molecule has 1 saturated heterocycles. The van der Waals surface area contributed by atoms with Crippen LogP contribution in [-0.4, -0.2) is 35.3 Å². The predicted octanol–water partition coefficient (Wildman–Crippen LogP) is 3.11. The minimum atomic E-state index is -0.0837. The van der Waals surface area contributed by atoms with E-state index in [1.54, 1.807) is 4.90 Å². The summed E-state index contributed by atoms with van der Waals surface area (Å²) in [7, 11) is 0. The van der Waals surface area contributed by atoms with Crippen molar-refractivity contribution in [3.63, 3.8) is 0 Å². The van der Waals surface area contributed by atoms with Crippen molar-refractivity contribution in [2.45, 2.75) is 33.0 Å². The minimum Gasteiger partial charge on any atom is -0.371 e. The Morgan fingerprint density at radius 3 is 2.87 bits per heavy atom. The van der Waals surface area contributed by atoms with Gasteiger partial charge in [0.05, 0.1) is 18.4 Å². The van der Waals surface area contributed by atoms with Crippen LogP contribution in [0, 0.1) is 13.8 Å². The van der Waals surface area contributed by atoms with Crippen molar-refractivity contribution >= 4 is 11.7 Å². The number of hydrogen-bond donors (Lipinski definition) is 1. The summed E-state index contributed by atoms with van der Waals surface area (Å²) in [4.78, 5) is 14.0. The summed E-state index contributed by atoms with van der Waals surface area (Å²) in [6.07, 6.45) is 0.885. The first-order valence-corrected chi connectivity index (χ1v) is 7.78. The molecule has 0 radical (unpaired) electrons. The van der Waals surface area contributed by atoms with Crippen molar-refractivity contribution in [2.24, 2.45) is 0 Å². The lowest BCUT2D eigenvalue weighted by atomic mass is 10.2. The van der Waals surface area contributed by atoms with Gasteiger partial charge in [0, 0.05) is 24.3 Å². The van der Waals surface area contributed by atoms with Crippen LogP contribution >= 0.6 is 0 Å². The van der Waals surface area contributed by atoms with Crippen molar-refractivity contribution in [1.29, 1.82) is 0 Å². The lowest BCUT2D eigenvalue weighted by Crippen LogP contribution is -2.34. The quantitative estimate of drug-likeness (QED) is 0.941. The van der Waals surface area contributed by atoms with E-state index in [0.717, 1.165) is 29.1 Å². The van der Waals surface area contributed by atoms with E-state index in [1.807, 2.05) is 44.2 Å². The first kappa shape index (κ1) is 15.6. The molecule has 1 aromatic heterocycles. The van der Waals surface area contributed by atoms with Crippen molar-refractivity contribution in [1.82, 2.24) is 10.1 Å². The Kier molecular flexibility index (Phi) is 4.62. The lowest BCUT2D eigenvalue weighted by molar-refractivity contribution is 0.0482. The molecular formula is C17H21N3O3. The molecule has 1 fully saturated rings. The molecule has 0 spiro atoms. The first-order chi connectivity index (χ1) is 11.1. The highest BCUT2D eigenvalue weighted by Crippen LogP contribution is 2.19. The Morgan fingerprint density at radius 1 is 1.39 bits per heavy atom. The zero-order chi connectivity index (χ0) is 16.2. The summed E-state index contributed by atoms with van der Waals surface area (Å²) in [5.41, 5.74) is 2.66. The number of carbonyl (C=O) groups excluding carboxylic acids is 1. The summed E-state index contributed by atoms with van der Waals surface area (Å²) < 4.78 is 11.0. The van der Waals surface area contributed by atoms with E-state index >= 15 is 0 Å². The van der Waals surface area contributed by atoms with Gasteiger partial charge in [0.1, 0.15) is 5.76 Å². The molecular weight excluding hydrogens is 294 g/mol. The molecule has 1 atom stereocenters. The molecule has 1 aliphatic heterocycles. The Balaban J connectivity index is 1.49. The maximum Gasteiger partial charge on any atom is 0.321 e. The fraction of sp³-hybridized carbons (Fsp3) is 0.412. The van der Waals surface area contributed by atoms with Crippen LogP contribution in [0.1, 0.15) is 23.4 Å². The van der Waals surface area contributed by atoms with Gasteiger partial charge in [-0.3, -0.25) is 0 Å². The third kappa shape index (κ3) is 3.71. The summed E-state index contributed by atoms with van der Waals surface area (Å²) in [5.74, 6) is 0.791. The average Bonchev–Trinajstić information content (AvgIpc) is 3.14. The minimum absolute atomic E-state index is 0.0465. The fourth-order valence-corrected chi connectivity index (χ4v) is 2.68. The molecule has 1 N–H and O–H groups in total. The van der Waals surface area contributed by atoms with Gasteiger partial charge in [0.25, 0.3) is 0 Å². The number of carbonyl (C=O) groups is 1. The second kappa shape index (κ2) is 6.83. The topological polar surface area (TPSA) is 67.6 Å². The standard InChI is InChI=1S/C17H21N3O3/c1-12-16(13(2)23-19-12)11-22-15-8-9-20(10-15)17(21)18-14-6-4-3-5-7-14/h3-7,15H,8-11H2,1-2H3,(H,18,21)/t15-/m0/s1. The van der Waals surface area contributed by atoms with Crippen molar-refractivity contribution in [2.75, 3.05) is 18.4 Å². The van der Waals surface area contributed by atoms with E-state index < -0.39 is 0 Å². The summed E-state index contributed by atoms with van der Waals surface area (Å²) in [6.45, 7) is 5.56.